The van der Waals surface area contributed by atoms with Gasteiger partial charge in [0.2, 0.25) is 0 Å². The third-order valence-electron chi connectivity index (χ3n) is 7.18. The predicted octanol–water partition coefficient (Wildman–Crippen LogP) is 4.66. The van der Waals surface area contributed by atoms with Crippen LogP contribution >= 0.6 is 11.3 Å². The normalized spacial score (nSPS) is 28.1. The fraction of sp³-hybridized carbons (Fsp3) is 0.696. The van der Waals surface area contributed by atoms with Crippen LogP contribution in [0, 0.1) is 0 Å². The van der Waals surface area contributed by atoms with E-state index in [1.807, 2.05) is 6.07 Å². The molecule has 0 bridgehead atoms. The Balaban J connectivity index is 1.31. The number of rotatable bonds is 5. The standard InChI is InChI=1S/C23H29F3N2O3S/c24-23(25,26)19(29)13-14-1-6-18-20(14)21-17(7-8-27-22(21)32-18)31-16-4-2-15(3-5-16)28-9-11-30-12-10-28/h7-8,14-16,19,29H,1-6,9-13H2/t14-,15?,16?,19-/m1/s1. The molecule has 2 fully saturated rings. The van der Waals surface area contributed by atoms with E-state index < -0.39 is 12.3 Å². The van der Waals surface area contributed by atoms with E-state index in [1.54, 1.807) is 17.5 Å². The fourth-order valence-corrected chi connectivity index (χ4v) is 6.78. The number of aryl methyl sites for hydroxylation is 1. The smallest absolute Gasteiger partial charge is 0.414 e. The van der Waals surface area contributed by atoms with Crippen molar-refractivity contribution in [3.63, 3.8) is 0 Å². The van der Waals surface area contributed by atoms with E-state index in [0.717, 1.165) is 84.8 Å². The maximum absolute atomic E-state index is 13.0. The first-order chi connectivity index (χ1) is 15.4. The minimum Gasteiger partial charge on any atom is -0.490 e. The van der Waals surface area contributed by atoms with E-state index in [1.165, 1.54) is 0 Å². The average Bonchev–Trinajstić information content (AvgIpc) is 3.34. The second-order valence-corrected chi connectivity index (χ2v) is 10.2. The molecular weight excluding hydrogens is 441 g/mol. The fourth-order valence-electron chi connectivity index (χ4n) is 5.52. The molecule has 3 aliphatic rings. The van der Waals surface area contributed by atoms with E-state index >= 15 is 0 Å². The van der Waals surface area contributed by atoms with Gasteiger partial charge in [-0.2, -0.15) is 13.2 Å². The lowest BCUT2D eigenvalue weighted by Crippen LogP contribution is -2.46. The van der Waals surface area contributed by atoms with Gasteiger partial charge in [-0.15, -0.1) is 11.3 Å². The van der Waals surface area contributed by atoms with Gasteiger partial charge in [0.05, 0.1) is 24.7 Å². The SMILES string of the molecule is O[C@H](C[C@H]1CCc2sc3nccc(OC4CCC(N5CCOCC5)CC4)c3c21)C(F)(F)F. The Morgan fingerprint density at radius 2 is 1.94 bits per heavy atom. The molecule has 5 rings (SSSR count). The minimum absolute atomic E-state index is 0.106. The Hall–Kier alpha value is -1.42. The molecule has 1 saturated carbocycles. The van der Waals surface area contributed by atoms with Crippen LogP contribution in [-0.4, -0.2) is 65.7 Å². The lowest BCUT2D eigenvalue weighted by Gasteiger charge is -2.38. The topological polar surface area (TPSA) is 54.8 Å². The molecule has 32 heavy (non-hydrogen) atoms. The van der Waals surface area contributed by atoms with E-state index in [0.29, 0.717) is 12.5 Å². The summed E-state index contributed by atoms with van der Waals surface area (Å²) in [5.41, 5.74) is 0.915. The largest absolute Gasteiger partial charge is 0.490 e. The zero-order chi connectivity index (χ0) is 22.3. The first-order valence-corrected chi connectivity index (χ1v) is 12.4. The molecule has 2 aromatic heterocycles. The molecule has 1 N–H and O–H groups in total. The Bertz CT molecular complexity index is 936. The Morgan fingerprint density at radius 3 is 2.66 bits per heavy atom. The average molecular weight is 471 g/mol. The molecule has 1 aliphatic heterocycles. The van der Waals surface area contributed by atoms with Gasteiger partial charge in [0.1, 0.15) is 16.7 Å². The number of ether oxygens (including phenoxy) is 2. The third-order valence-corrected chi connectivity index (χ3v) is 8.35. The van der Waals surface area contributed by atoms with Gasteiger partial charge in [0.25, 0.3) is 0 Å². The van der Waals surface area contributed by atoms with Crippen molar-refractivity contribution >= 4 is 21.6 Å². The first kappa shape index (κ1) is 22.4. The summed E-state index contributed by atoms with van der Waals surface area (Å²) in [5, 5.41) is 10.5. The number of hydrogen-bond acceptors (Lipinski definition) is 6. The molecule has 5 nitrogen and oxygen atoms in total. The number of fused-ring (bicyclic) bond motifs is 3. The van der Waals surface area contributed by atoms with Crippen LogP contribution in [0.4, 0.5) is 13.2 Å². The Kier molecular flexibility index (Phi) is 6.35. The Morgan fingerprint density at radius 1 is 1.19 bits per heavy atom. The lowest BCUT2D eigenvalue weighted by atomic mass is 9.91. The third kappa shape index (κ3) is 4.49. The van der Waals surface area contributed by atoms with Crippen molar-refractivity contribution in [3.8, 4) is 5.75 Å². The summed E-state index contributed by atoms with van der Waals surface area (Å²) < 4.78 is 50.8. The van der Waals surface area contributed by atoms with Gasteiger partial charge in [0.15, 0.2) is 0 Å². The van der Waals surface area contributed by atoms with Crippen LogP contribution in [0.1, 0.15) is 54.9 Å². The number of nitrogens with zero attached hydrogens (tertiary/aromatic N) is 2. The highest BCUT2D eigenvalue weighted by molar-refractivity contribution is 7.19. The highest BCUT2D eigenvalue weighted by Gasteiger charge is 2.42. The second kappa shape index (κ2) is 9.08. The summed E-state index contributed by atoms with van der Waals surface area (Å²) in [5.74, 6) is 0.412. The molecule has 1 saturated heterocycles. The summed E-state index contributed by atoms with van der Waals surface area (Å²) in [6.07, 6.45) is 0.0949. The molecule has 0 aromatic carbocycles. The maximum Gasteiger partial charge on any atom is 0.414 e. The molecular formula is C23H29F3N2O3S. The van der Waals surface area contributed by atoms with Crippen molar-refractivity contribution in [2.75, 3.05) is 26.3 Å². The zero-order valence-electron chi connectivity index (χ0n) is 17.9. The molecule has 2 atom stereocenters. The number of aliphatic hydroxyl groups excluding tert-OH is 1. The van der Waals surface area contributed by atoms with Crippen molar-refractivity contribution in [1.29, 1.82) is 0 Å². The molecule has 2 aromatic rings. The first-order valence-electron chi connectivity index (χ1n) is 11.5. The van der Waals surface area contributed by atoms with Gasteiger partial charge in [-0.25, -0.2) is 4.98 Å². The quantitative estimate of drug-likeness (QED) is 0.689. The number of thiophene rings is 1. The van der Waals surface area contributed by atoms with E-state index in [9.17, 15) is 18.3 Å². The van der Waals surface area contributed by atoms with Gasteiger partial charge >= 0.3 is 6.18 Å². The lowest BCUT2D eigenvalue weighted by molar-refractivity contribution is -0.206. The molecule has 3 heterocycles. The minimum atomic E-state index is -4.59. The van der Waals surface area contributed by atoms with Crippen molar-refractivity contribution in [1.82, 2.24) is 9.88 Å². The van der Waals surface area contributed by atoms with E-state index in [2.05, 4.69) is 9.88 Å². The van der Waals surface area contributed by atoms with E-state index in [4.69, 9.17) is 9.47 Å². The number of halogens is 3. The number of pyridine rings is 1. The Labute approximate surface area is 189 Å². The van der Waals surface area contributed by atoms with Crippen LogP contribution in [0.15, 0.2) is 12.3 Å². The van der Waals surface area contributed by atoms with Crippen molar-refractivity contribution < 1.29 is 27.8 Å². The van der Waals surface area contributed by atoms with Crippen LogP contribution in [0.2, 0.25) is 0 Å². The highest BCUT2D eigenvalue weighted by atomic mass is 32.1. The maximum atomic E-state index is 13.0. The van der Waals surface area contributed by atoms with Gasteiger partial charge in [-0.05, 0) is 62.5 Å². The molecule has 0 unspecified atom stereocenters. The second-order valence-electron chi connectivity index (χ2n) is 9.15. The summed E-state index contributed by atoms with van der Waals surface area (Å²) >= 11 is 1.55. The van der Waals surface area contributed by atoms with Gasteiger partial charge in [-0.3, -0.25) is 4.90 Å². The number of alkyl halides is 3. The molecule has 2 aliphatic carbocycles. The number of hydrogen-bond donors (Lipinski definition) is 1. The number of morpholine rings is 1. The predicted molar refractivity (Wildman–Crippen MR) is 116 cm³/mol. The number of aromatic nitrogens is 1. The van der Waals surface area contributed by atoms with Crippen LogP contribution in [0.5, 0.6) is 5.75 Å². The van der Waals surface area contributed by atoms with Crippen molar-refractivity contribution in [2.24, 2.45) is 0 Å². The zero-order valence-corrected chi connectivity index (χ0v) is 18.8. The summed E-state index contributed by atoms with van der Waals surface area (Å²) in [6, 6.07) is 2.42. The van der Waals surface area contributed by atoms with Crippen LogP contribution in [0.3, 0.4) is 0 Å². The van der Waals surface area contributed by atoms with Gasteiger partial charge in [0, 0.05) is 30.2 Å². The summed E-state index contributed by atoms with van der Waals surface area (Å²) in [6.45, 7) is 3.60. The van der Waals surface area contributed by atoms with Crippen molar-refractivity contribution in [3.05, 3.63) is 22.7 Å². The van der Waals surface area contributed by atoms with Gasteiger partial charge < -0.3 is 14.6 Å². The summed E-state index contributed by atoms with van der Waals surface area (Å²) in [7, 11) is 0. The molecule has 0 spiro atoms. The molecule has 0 amide bonds. The summed E-state index contributed by atoms with van der Waals surface area (Å²) in [4.78, 5) is 8.89. The molecule has 0 radical (unpaired) electrons. The molecule has 176 valence electrons. The van der Waals surface area contributed by atoms with Crippen molar-refractivity contribution in [2.45, 2.75) is 75.3 Å². The molecule has 9 heteroatoms. The van der Waals surface area contributed by atoms with Crippen LogP contribution < -0.4 is 4.74 Å². The monoisotopic (exact) mass is 470 g/mol. The van der Waals surface area contributed by atoms with E-state index in [-0.39, 0.29) is 18.4 Å². The highest BCUT2D eigenvalue weighted by Crippen LogP contribution is 2.49. The van der Waals surface area contributed by atoms with Gasteiger partial charge in [-0.1, -0.05) is 0 Å². The van der Waals surface area contributed by atoms with Crippen LogP contribution in [0.25, 0.3) is 10.2 Å². The van der Waals surface area contributed by atoms with Crippen LogP contribution in [-0.2, 0) is 11.2 Å². The number of aliphatic hydroxyl groups is 1.